The smallest absolute Gasteiger partial charge is 0.293 e. The van der Waals surface area contributed by atoms with Gasteiger partial charge in [0.15, 0.2) is 5.82 Å². The fourth-order valence-corrected chi connectivity index (χ4v) is 2.09. The number of nitrogens with one attached hydrogen (secondary N) is 2. The number of Topliss-reactive ketones (excluding diaryl/α,β-unsaturated/α-hetero) is 1. The summed E-state index contributed by atoms with van der Waals surface area (Å²) in [5.41, 5.74) is 0. The van der Waals surface area contributed by atoms with Crippen LogP contribution in [0.4, 0.5) is 5.82 Å². The van der Waals surface area contributed by atoms with Gasteiger partial charge in [-0.15, -0.1) is 11.3 Å². The molecule has 0 aliphatic heterocycles. The van der Waals surface area contributed by atoms with E-state index in [4.69, 9.17) is 5.11 Å². The van der Waals surface area contributed by atoms with Gasteiger partial charge < -0.3 is 20.3 Å². The van der Waals surface area contributed by atoms with E-state index < -0.39 is 30.2 Å². The lowest BCUT2D eigenvalue weighted by atomic mass is 10.2. The average molecular weight is 309 g/mol. The van der Waals surface area contributed by atoms with Gasteiger partial charge in [-0.1, -0.05) is 11.2 Å². The number of hydrogen-bond donors (Lipinski definition) is 3. The van der Waals surface area contributed by atoms with Crippen LogP contribution in [0.3, 0.4) is 0 Å². The molecule has 2 rings (SSSR count). The minimum atomic E-state index is -1.27. The van der Waals surface area contributed by atoms with Crippen LogP contribution < -0.4 is 10.6 Å². The molecule has 1 unspecified atom stereocenters. The van der Waals surface area contributed by atoms with E-state index in [0.29, 0.717) is 0 Å². The van der Waals surface area contributed by atoms with E-state index in [9.17, 15) is 14.4 Å². The second-order valence-electron chi connectivity index (χ2n) is 3.89. The van der Waals surface area contributed by atoms with Crippen LogP contribution >= 0.6 is 11.3 Å². The Labute approximate surface area is 122 Å². The third-order valence-corrected chi connectivity index (χ3v) is 3.31. The first-order chi connectivity index (χ1) is 10.1. The molecule has 0 aromatic carbocycles. The summed E-state index contributed by atoms with van der Waals surface area (Å²) in [6.45, 7) is -0.660. The molecule has 21 heavy (non-hydrogen) atoms. The first-order valence-corrected chi connectivity index (χ1v) is 6.70. The number of amides is 2. The van der Waals surface area contributed by atoms with Crippen molar-refractivity contribution in [2.24, 2.45) is 0 Å². The molecule has 0 fully saturated rings. The van der Waals surface area contributed by atoms with Crippen LogP contribution in [0.2, 0.25) is 0 Å². The summed E-state index contributed by atoms with van der Waals surface area (Å²) < 4.78 is 4.53. The van der Waals surface area contributed by atoms with Crippen LogP contribution in [-0.4, -0.2) is 40.5 Å². The van der Waals surface area contributed by atoms with Crippen molar-refractivity contribution >= 4 is 34.8 Å². The number of carbonyl (C=O) groups excluding carboxylic acids is 3. The normalized spacial score (nSPS) is 11.7. The predicted octanol–water partition coefficient (Wildman–Crippen LogP) is 0.0346. The predicted molar refractivity (Wildman–Crippen MR) is 72.8 cm³/mol. The lowest BCUT2D eigenvalue weighted by molar-refractivity contribution is -0.124. The van der Waals surface area contributed by atoms with Gasteiger partial charge in [-0.2, -0.15) is 0 Å². The van der Waals surface area contributed by atoms with Gasteiger partial charge in [0.25, 0.3) is 17.6 Å². The zero-order valence-corrected chi connectivity index (χ0v) is 11.4. The average Bonchev–Trinajstić information content (AvgIpc) is 3.16. The van der Waals surface area contributed by atoms with Crippen molar-refractivity contribution in [2.75, 3.05) is 11.9 Å². The Morgan fingerprint density at radius 1 is 1.38 bits per heavy atom. The molecule has 0 aliphatic rings. The van der Waals surface area contributed by atoms with E-state index in [1.54, 1.807) is 11.4 Å². The third kappa shape index (κ3) is 3.74. The van der Waals surface area contributed by atoms with E-state index >= 15 is 0 Å². The number of aliphatic hydroxyl groups excluding tert-OH is 1. The molecule has 9 heteroatoms. The van der Waals surface area contributed by atoms with Crippen LogP contribution in [-0.2, 0) is 9.59 Å². The lowest BCUT2D eigenvalue weighted by Crippen LogP contribution is -2.48. The molecular formula is C12H11N3O5S. The molecule has 0 spiro atoms. The molecule has 2 heterocycles. The maximum atomic E-state index is 11.8. The first-order valence-electron chi connectivity index (χ1n) is 5.82. The molecule has 0 saturated carbocycles. The van der Waals surface area contributed by atoms with Crippen molar-refractivity contribution in [2.45, 2.75) is 6.04 Å². The van der Waals surface area contributed by atoms with Gasteiger partial charge in [0.05, 0.1) is 11.5 Å². The highest BCUT2D eigenvalue weighted by Gasteiger charge is 2.25. The maximum Gasteiger partial charge on any atom is 0.293 e. The zero-order chi connectivity index (χ0) is 15.2. The van der Waals surface area contributed by atoms with Crippen molar-refractivity contribution < 1.29 is 24.0 Å². The van der Waals surface area contributed by atoms with E-state index in [2.05, 4.69) is 20.3 Å². The van der Waals surface area contributed by atoms with Gasteiger partial charge >= 0.3 is 0 Å². The van der Waals surface area contributed by atoms with Crippen LogP contribution in [0.25, 0.3) is 0 Å². The van der Waals surface area contributed by atoms with Crippen molar-refractivity contribution in [3.63, 3.8) is 0 Å². The van der Waals surface area contributed by atoms with E-state index in [-0.39, 0.29) is 10.7 Å². The second-order valence-corrected chi connectivity index (χ2v) is 4.84. The van der Waals surface area contributed by atoms with E-state index in [0.717, 1.165) is 11.3 Å². The highest BCUT2D eigenvalue weighted by atomic mass is 32.1. The quantitative estimate of drug-likeness (QED) is 0.511. The molecule has 2 aromatic heterocycles. The topological polar surface area (TPSA) is 122 Å². The first kappa shape index (κ1) is 14.9. The number of anilines is 1. The number of aromatic nitrogens is 1. The monoisotopic (exact) mass is 309 g/mol. The van der Waals surface area contributed by atoms with Crippen molar-refractivity contribution in [1.82, 2.24) is 10.5 Å². The Hall–Kier alpha value is -2.52. The van der Waals surface area contributed by atoms with Gasteiger partial charge in [-0.25, -0.2) is 0 Å². The molecule has 110 valence electrons. The highest BCUT2D eigenvalue weighted by Crippen LogP contribution is 2.09. The van der Waals surface area contributed by atoms with Crippen LogP contribution in [0.1, 0.15) is 9.67 Å². The summed E-state index contributed by atoms with van der Waals surface area (Å²) in [5, 5.41) is 18.8. The Morgan fingerprint density at radius 3 is 2.76 bits per heavy atom. The SMILES string of the molecule is O=C(NC(CO)C(=O)Nc1ccon1)C(=O)c1cccs1. The molecule has 2 aromatic rings. The second kappa shape index (κ2) is 6.77. The van der Waals surface area contributed by atoms with Crippen LogP contribution in [0.5, 0.6) is 0 Å². The molecule has 2 amide bonds. The summed E-state index contributed by atoms with van der Waals surface area (Å²) in [5.74, 6) is -2.31. The Kier molecular flexibility index (Phi) is 4.80. The van der Waals surface area contributed by atoms with Crippen molar-refractivity contribution in [3.05, 3.63) is 34.7 Å². The zero-order valence-electron chi connectivity index (χ0n) is 10.6. The lowest BCUT2D eigenvalue weighted by Gasteiger charge is -2.14. The number of thiophene rings is 1. The summed E-state index contributed by atoms with van der Waals surface area (Å²) in [7, 11) is 0. The van der Waals surface area contributed by atoms with Gasteiger partial charge in [0.2, 0.25) is 0 Å². The van der Waals surface area contributed by atoms with Gasteiger partial charge in [-0.05, 0) is 11.4 Å². The Bertz CT molecular complexity index is 623. The summed E-state index contributed by atoms with van der Waals surface area (Å²) >= 11 is 1.11. The number of aliphatic hydroxyl groups is 1. The van der Waals surface area contributed by atoms with Gasteiger partial charge in [0.1, 0.15) is 12.3 Å². The van der Waals surface area contributed by atoms with Crippen LogP contribution in [0.15, 0.2) is 34.4 Å². The maximum absolute atomic E-state index is 11.8. The minimum Gasteiger partial charge on any atom is -0.394 e. The third-order valence-electron chi connectivity index (χ3n) is 2.44. The van der Waals surface area contributed by atoms with Gasteiger partial charge in [-0.3, -0.25) is 14.4 Å². The summed E-state index contributed by atoms with van der Waals surface area (Å²) in [4.78, 5) is 35.6. The fourth-order valence-electron chi connectivity index (χ4n) is 1.43. The van der Waals surface area contributed by atoms with Gasteiger partial charge in [0, 0.05) is 6.07 Å². The molecule has 0 radical (unpaired) electrons. The summed E-state index contributed by atoms with van der Waals surface area (Å²) in [6, 6.07) is 3.26. The summed E-state index contributed by atoms with van der Waals surface area (Å²) in [6.07, 6.45) is 1.25. The van der Waals surface area contributed by atoms with Crippen molar-refractivity contribution in [1.29, 1.82) is 0 Å². The standard InChI is InChI=1S/C12H11N3O5S/c16-6-7(11(18)14-9-3-4-20-15-9)13-12(19)10(17)8-2-1-5-21-8/h1-5,7,16H,6H2,(H,13,19)(H,14,15,18). The Balaban J connectivity index is 1.96. The number of ketones is 1. The molecule has 0 aliphatic carbocycles. The van der Waals surface area contributed by atoms with E-state index in [1.165, 1.54) is 18.4 Å². The molecule has 0 bridgehead atoms. The minimum absolute atomic E-state index is 0.136. The number of carbonyl (C=O) groups is 3. The fraction of sp³-hybridized carbons (Fsp3) is 0.167. The molecule has 3 N–H and O–H groups in total. The largest absolute Gasteiger partial charge is 0.394 e. The van der Waals surface area contributed by atoms with Crippen molar-refractivity contribution in [3.8, 4) is 0 Å². The van der Waals surface area contributed by atoms with Crippen LogP contribution in [0, 0.1) is 0 Å². The molecule has 1 atom stereocenters. The molecule has 0 saturated heterocycles. The Morgan fingerprint density at radius 2 is 2.19 bits per heavy atom. The number of nitrogens with zero attached hydrogens (tertiary/aromatic N) is 1. The number of hydrogen-bond acceptors (Lipinski definition) is 7. The molecule has 8 nitrogen and oxygen atoms in total. The molecular weight excluding hydrogens is 298 g/mol. The number of rotatable bonds is 6. The highest BCUT2D eigenvalue weighted by molar-refractivity contribution is 7.13. The van der Waals surface area contributed by atoms with E-state index in [1.807, 2.05) is 0 Å².